The highest BCUT2D eigenvalue weighted by molar-refractivity contribution is 6.08. The number of hydrogen-bond acceptors (Lipinski definition) is 7. The predicted octanol–water partition coefficient (Wildman–Crippen LogP) is 4.42. The van der Waals surface area contributed by atoms with Crippen LogP contribution in [0.3, 0.4) is 0 Å². The summed E-state index contributed by atoms with van der Waals surface area (Å²) < 4.78 is 11.0. The number of aromatic hydroxyl groups is 1. The molecule has 1 atom stereocenters. The minimum absolute atomic E-state index is 0.0413. The molecule has 2 aliphatic rings. The van der Waals surface area contributed by atoms with Crippen LogP contribution in [0.4, 0.5) is 0 Å². The Bertz CT molecular complexity index is 1180. The van der Waals surface area contributed by atoms with E-state index in [4.69, 9.17) is 14.6 Å². The zero-order chi connectivity index (χ0) is 26.7. The van der Waals surface area contributed by atoms with E-state index in [1.165, 1.54) is 6.07 Å². The molecule has 2 heterocycles. The van der Waals surface area contributed by atoms with Crippen LogP contribution in [0.25, 0.3) is 0 Å². The van der Waals surface area contributed by atoms with E-state index in [1.807, 2.05) is 35.0 Å². The molecule has 1 amide bonds. The third kappa shape index (κ3) is 4.65. The van der Waals surface area contributed by atoms with E-state index in [1.54, 1.807) is 26.4 Å². The van der Waals surface area contributed by atoms with Crippen LogP contribution < -0.4 is 9.47 Å². The van der Waals surface area contributed by atoms with E-state index in [9.17, 15) is 14.7 Å². The zero-order valence-electron chi connectivity index (χ0n) is 22.4. The fourth-order valence-electron chi connectivity index (χ4n) is 5.85. The van der Waals surface area contributed by atoms with Crippen LogP contribution in [0, 0.1) is 12.3 Å². The van der Waals surface area contributed by atoms with Crippen LogP contribution in [0.2, 0.25) is 0 Å². The number of benzene rings is 2. The van der Waals surface area contributed by atoms with Gasteiger partial charge in [-0.05, 0) is 68.5 Å². The van der Waals surface area contributed by atoms with E-state index in [-0.39, 0.29) is 23.7 Å². The van der Waals surface area contributed by atoms with Crippen LogP contribution in [-0.4, -0.2) is 72.3 Å². The molecule has 8 nitrogen and oxygen atoms in total. The summed E-state index contributed by atoms with van der Waals surface area (Å²) in [6.07, 6.45) is 3.99. The molecule has 1 N–H and O–H groups in total. The molecule has 8 heteroatoms. The monoisotopic (exact) mass is 507 g/mol. The number of phenols is 1. The third-order valence-corrected chi connectivity index (χ3v) is 8.16. The molecule has 198 valence electrons. The second kappa shape index (κ2) is 10.8. The third-order valence-electron chi connectivity index (χ3n) is 8.16. The summed E-state index contributed by atoms with van der Waals surface area (Å²) in [6, 6.07) is 10.3. The van der Waals surface area contributed by atoms with Crippen molar-refractivity contribution in [3.8, 4) is 17.2 Å². The number of nitrogens with zero attached hydrogens (tertiary/aromatic N) is 3. The summed E-state index contributed by atoms with van der Waals surface area (Å²) in [5.41, 5.74) is 2.75. The number of rotatable bonds is 8. The molecular formula is C29H37N3O5. The van der Waals surface area contributed by atoms with Crippen molar-refractivity contribution in [1.82, 2.24) is 9.91 Å². The maximum Gasteiger partial charge on any atom is 0.254 e. The number of amides is 1. The summed E-state index contributed by atoms with van der Waals surface area (Å²) in [6.45, 7) is 7.22. The highest BCUT2D eigenvalue weighted by Gasteiger charge is 2.51. The summed E-state index contributed by atoms with van der Waals surface area (Å²) in [5, 5.41) is 17.0. The van der Waals surface area contributed by atoms with Crippen molar-refractivity contribution >= 4 is 17.9 Å². The van der Waals surface area contributed by atoms with Gasteiger partial charge in [-0.1, -0.05) is 19.9 Å². The first kappa shape index (κ1) is 26.5. The maximum atomic E-state index is 13.2. The average molecular weight is 508 g/mol. The molecule has 4 rings (SSSR count). The van der Waals surface area contributed by atoms with Gasteiger partial charge < -0.3 is 24.3 Å². The minimum Gasteiger partial charge on any atom is -0.508 e. The van der Waals surface area contributed by atoms with Gasteiger partial charge in [0.15, 0.2) is 11.5 Å². The van der Waals surface area contributed by atoms with Gasteiger partial charge in [-0.3, -0.25) is 9.80 Å². The molecule has 0 aromatic heterocycles. The van der Waals surface area contributed by atoms with Crippen LogP contribution in [0.1, 0.15) is 61.0 Å². The standard InChI is InChI=1S/C29H37N3O5/c1-6-29(7-2)26(18-33)32(30-27(29)20-9-11-24(36-4)25(16-20)37-5)21-12-14-31(15-13-21)28(35)23-17-22(34)10-8-19(23)3/h8-11,16-18,21,26,34H,6-7,12-15H2,1-5H3. The van der Waals surface area contributed by atoms with Crippen LogP contribution in [0.5, 0.6) is 17.2 Å². The quantitative estimate of drug-likeness (QED) is 0.532. The van der Waals surface area contributed by atoms with E-state index < -0.39 is 5.41 Å². The average Bonchev–Trinajstić information content (AvgIpc) is 3.28. The molecule has 37 heavy (non-hydrogen) atoms. The molecular weight excluding hydrogens is 470 g/mol. The first-order valence-corrected chi connectivity index (χ1v) is 13.0. The van der Waals surface area contributed by atoms with Gasteiger partial charge in [-0.2, -0.15) is 5.10 Å². The van der Waals surface area contributed by atoms with E-state index >= 15 is 0 Å². The lowest BCUT2D eigenvalue weighted by molar-refractivity contribution is -0.116. The van der Waals surface area contributed by atoms with Gasteiger partial charge in [0, 0.05) is 29.6 Å². The van der Waals surface area contributed by atoms with E-state index in [0.717, 1.165) is 36.0 Å². The summed E-state index contributed by atoms with van der Waals surface area (Å²) in [5.74, 6) is 1.28. The SMILES string of the molecule is CCC1(CC)C(c2ccc(OC)c(OC)c2)=NN(C2CCN(C(=O)c3cc(O)ccc3C)CC2)C1C=O. The number of hydrogen-bond donors (Lipinski definition) is 1. The second-order valence-electron chi connectivity index (χ2n) is 9.87. The fraction of sp³-hybridized carbons (Fsp3) is 0.483. The first-order valence-electron chi connectivity index (χ1n) is 13.0. The number of carbonyl (C=O) groups excluding carboxylic acids is 2. The molecule has 0 aliphatic carbocycles. The van der Waals surface area contributed by atoms with Gasteiger partial charge >= 0.3 is 0 Å². The van der Waals surface area contributed by atoms with Crippen molar-refractivity contribution in [3.05, 3.63) is 53.1 Å². The molecule has 2 aliphatic heterocycles. The first-order chi connectivity index (χ1) is 17.8. The molecule has 2 aromatic rings. The van der Waals surface area contributed by atoms with Crippen molar-refractivity contribution in [1.29, 1.82) is 0 Å². The van der Waals surface area contributed by atoms with Gasteiger partial charge in [0.2, 0.25) is 0 Å². The fourth-order valence-corrected chi connectivity index (χ4v) is 5.85. The number of likely N-dealkylation sites (tertiary alicyclic amines) is 1. The summed E-state index contributed by atoms with van der Waals surface area (Å²) >= 11 is 0. The van der Waals surface area contributed by atoms with Crippen molar-refractivity contribution in [2.75, 3.05) is 27.3 Å². The number of phenolic OH excluding ortho intramolecular Hbond substituents is 1. The highest BCUT2D eigenvalue weighted by Crippen LogP contribution is 2.45. The Morgan fingerprint density at radius 1 is 1.08 bits per heavy atom. The van der Waals surface area contributed by atoms with E-state index in [2.05, 4.69) is 13.8 Å². The molecule has 1 saturated heterocycles. The van der Waals surface area contributed by atoms with E-state index in [0.29, 0.717) is 43.0 Å². The van der Waals surface area contributed by atoms with Crippen molar-refractivity contribution in [3.63, 3.8) is 0 Å². The molecule has 0 bridgehead atoms. The molecule has 0 radical (unpaired) electrons. The zero-order valence-corrected chi connectivity index (χ0v) is 22.4. The Labute approximate surface area is 218 Å². The van der Waals surface area contributed by atoms with Crippen molar-refractivity contribution in [2.24, 2.45) is 10.5 Å². The molecule has 2 aromatic carbocycles. The smallest absolute Gasteiger partial charge is 0.254 e. The Morgan fingerprint density at radius 3 is 2.35 bits per heavy atom. The lowest BCUT2D eigenvalue weighted by Crippen LogP contribution is -2.51. The normalized spacial score (nSPS) is 19.5. The van der Waals surface area contributed by atoms with Crippen LogP contribution in [0.15, 0.2) is 41.5 Å². The van der Waals surface area contributed by atoms with Crippen LogP contribution >= 0.6 is 0 Å². The van der Waals surface area contributed by atoms with Gasteiger partial charge in [-0.15, -0.1) is 0 Å². The molecule has 1 fully saturated rings. The number of ether oxygens (including phenoxy) is 2. The molecule has 1 unspecified atom stereocenters. The number of carbonyl (C=O) groups is 2. The predicted molar refractivity (Wildman–Crippen MR) is 143 cm³/mol. The Morgan fingerprint density at radius 2 is 1.76 bits per heavy atom. The van der Waals surface area contributed by atoms with Gasteiger partial charge in [0.25, 0.3) is 5.91 Å². The topological polar surface area (TPSA) is 91.7 Å². The Balaban J connectivity index is 1.60. The number of methoxy groups -OCH3 is 2. The highest BCUT2D eigenvalue weighted by atomic mass is 16.5. The summed E-state index contributed by atoms with van der Waals surface area (Å²) in [7, 11) is 3.22. The second-order valence-corrected chi connectivity index (χ2v) is 9.87. The Hall–Kier alpha value is -3.55. The van der Waals surface area contributed by atoms with Crippen molar-refractivity contribution < 1.29 is 24.2 Å². The Kier molecular flexibility index (Phi) is 7.76. The van der Waals surface area contributed by atoms with Gasteiger partial charge in [-0.25, -0.2) is 0 Å². The minimum atomic E-state index is -0.424. The van der Waals surface area contributed by atoms with Crippen molar-refractivity contribution in [2.45, 2.75) is 58.5 Å². The van der Waals surface area contributed by atoms with Crippen LogP contribution in [-0.2, 0) is 4.79 Å². The van der Waals surface area contributed by atoms with Gasteiger partial charge in [0.1, 0.15) is 18.1 Å². The lowest BCUT2D eigenvalue weighted by atomic mass is 9.70. The number of piperidine rings is 1. The largest absolute Gasteiger partial charge is 0.508 e. The lowest BCUT2D eigenvalue weighted by Gasteiger charge is -2.41. The maximum absolute atomic E-state index is 13.2. The number of aryl methyl sites for hydroxylation is 1. The van der Waals surface area contributed by atoms with Gasteiger partial charge in [0.05, 0.1) is 26.0 Å². The molecule has 0 spiro atoms. The molecule has 0 saturated carbocycles. The number of hydrazone groups is 1. The summed E-state index contributed by atoms with van der Waals surface area (Å²) in [4.78, 5) is 27.6. The number of aldehydes is 1.